The van der Waals surface area contributed by atoms with Crippen LogP contribution in [0.15, 0.2) is 17.5 Å². The fraction of sp³-hybridized carbons (Fsp3) is 0.538. The van der Waals surface area contributed by atoms with E-state index in [-0.39, 0.29) is 11.9 Å². The molecule has 3 N–H and O–H groups in total. The second kappa shape index (κ2) is 9.79. The van der Waals surface area contributed by atoms with Crippen LogP contribution < -0.4 is 11.1 Å². The van der Waals surface area contributed by atoms with E-state index in [0.29, 0.717) is 31.1 Å². The van der Waals surface area contributed by atoms with Gasteiger partial charge in [-0.1, -0.05) is 6.07 Å². The van der Waals surface area contributed by atoms with Crippen LogP contribution in [0.25, 0.3) is 0 Å². The number of esters is 1. The molecule has 0 spiro atoms. The quantitative estimate of drug-likeness (QED) is 0.531. The molecule has 0 aromatic carbocycles. The SMILES string of the molecule is CCOC(=O)C(N)CCSCC(=O)NCc1cccs1. The van der Waals surface area contributed by atoms with Gasteiger partial charge in [0, 0.05) is 4.88 Å². The number of nitrogens with one attached hydrogen (secondary N) is 1. The Balaban J connectivity index is 2.05. The summed E-state index contributed by atoms with van der Waals surface area (Å²) in [5.74, 6) is 0.649. The average Bonchev–Trinajstić information content (AvgIpc) is 2.94. The van der Waals surface area contributed by atoms with Crippen molar-refractivity contribution < 1.29 is 14.3 Å². The van der Waals surface area contributed by atoms with E-state index in [9.17, 15) is 9.59 Å². The lowest BCUT2D eigenvalue weighted by atomic mass is 10.2. The summed E-state index contributed by atoms with van der Waals surface area (Å²) in [5, 5.41) is 4.82. The molecule has 0 fully saturated rings. The van der Waals surface area contributed by atoms with Gasteiger partial charge in [-0.15, -0.1) is 11.3 Å². The number of hydrogen-bond donors (Lipinski definition) is 2. The molecule has 112 valence electrons. The molecular weight excluding hydrogens is 296 g/mol. The number of thiophene rings is 1. The van der Waals surface area contributed by atoms with Crippen molar-refractivity contribution in [3.63, 3.8) is 0 Å². The third-order valence-corrected chi connectivity index (χ3v) is 4.30. The van der Waals surface area contributed by atoms with E-state index in [2.05, 4.69) is 5.32 Å². The lowest BCUT2D eigenvalue weighted by Gasteiger charge is -2.09. The smallest absolute Gasteiger partial charge is 0.322 e. The van der Waals surface area contributed by atoms with Gasteiger partial charge in [-0.2, -0.15) is 11.8 Å². The van der Waals surface area contributed by atoms with E-state index < -0.39 is 6.04 Å². The molecule has 1 atom stereocenters. The molecule has 0 aliphatic heterocycles. The van der Waals surface area contributed by atoms with Crippen LogP contribution in [-0.4, -0.2) is 36.0 Å². The van der Waals surface area contributed by atoms with E-state index in [0.717, 1.165) is 4.88 Å². The third kappa shape index (κ3) is 6.93. The molecule has 1 rings (SSSR count). The number of thioether (sulfide) groups is 1. The van der Waals surface area contributed by atoms with E-state index in [1.54, 1.807) is 18.3 Å². The molecule has 0 saturated carbocycles. The summed E-state index contributed by atoms with van der Waals surface area (Å²) in [6.45, 7) is 2.65. The highest BCUT2D eigenvalue weighted by Gasteiger charge is 2.14. The van der Waals surface area contributed by atoms with E-state index in [1.807, 2.05) is 17.5 Å². The topological polar surface area (TPSA) is 81.4 Å². The maximum Gasteiger partial charge on any atom is 0.322 e. The van der Waals surface area contributed by atoms with Gasteiger partial charge in [-0.3, -0.25) is 9.59 Å². The first-order chi connectivity index (χ1) is 9.63. The summed E-state index contributed by atoms with van der Waals surface area (Å²) in [6.07, 6.45) is 0.516. The summed E-state index contributed by atoms with van der Waals surface area (Å²) in [6, 6.07) is 3.34. The van der Waals surface area contributed by atoms with Crippen molar-refractivity contribution in [1.82, 2.24) is 5.32 Å². The standard InChI is InChI=1S/C13H20N2O3S2/c1-2-18-13(17)11(14)5-7-19-9-12(16)15-8-10-4-3-6-20-10/h3-4,6,11H,2,5,7-9,14H2,1H3,(H,15,16). The van der Waals surface area contributed by atoms with Crippen molar-refractivity contribution in [3.8, 4) is 0 Å². The van der Waals surface area contributed by atoms with Crippen molar-refractivity contribution in [3.05, 3.63) is 22.4 Å². The number of ether oxygens (including phenoxy) is 1. The maximum atomic E-state index is 11.6. The molecular formula is C13H20N2O3S2. The molecule has 0 bridgehead atoms. The fourth-order valence-electron chi connectivity index (χ4n) is 1.39. The van der Waals surface area contributed by atoms with Gasteiger partial charge in [0.05, 0.1) is 18.9 Å². The number of nitrogens with two attached hydrogens (primary N) is 1. The number of hydrogen-bond acceptors (Lipinski definition) is 6. The first-order valence-corrected chi connectivity index (χ1v) is 8.46. The number of amides is 1. The molecule has 1 aromatic rings. The number of carbonyl (C=O) groups is 2. The van der Waals surface area contributed by atoms with Crippen molar-refractivity contribution >= 4 is 35.0 Å². The van der Waals surface area contributed by atoms with Gasteiger partial charge in [-0.25, -0.2) is 0 Å². The molecule has 0 aliphatic rings. The van der Waals surface area contributed by atoms with Crippen LogP contribution in [0.4, 0.5) is 0 Å². The van der Waals surface area contributed by atoms with Crippen molar-refractivity contribution in [2.45, 2.75) is 25.9 Å². The van der Waals surface area contributed by atoms with Crippen LogP contribution in [0.5, 0.6) is 0 Å². The minimum atomic E-state index is -0.600. The van der Waals surface area contributed by atoms with E-state index >= 15 is 0 Å². The van der Waals surface area contributed by atoms with Crippen LogP contribution in [0.3, 0.4) is 0 Å². The Labute approximate surface area is 127 Å². The van der Waals surface area contributed by atoms with Crippen LogP contribution in [-0.2, 0) is 20.9 Å². The minimum Gasteiger partial charge on any atom is -0.465 e. The molecule has 1 amide bonds. The van der Waals surface area contributed by atoms with Crippen molar-refractivity contribution in [2.75, 3.05) is 18.1 Å². The number of carbonyl (C=O) groups excluding carboxylic acids is 2. The van der Waals surface area contributed by atoms with Crippen LogP contribution >= 0.6 is 23.1 Å². The summed E-state index contributed by atoms with van der Waals surface area (Å²) >= 11 is 3.08. The first kappa shape index (κ1) is 17.0. The summed E-state index contributed by atoms with van der Waals surface area (Å²) in [7, 11) is 0. The van der Waals surface area contributed by atoms with Crippen LogP contribution in [0.1, 0.15) is 18.2 Å². The van der Waals surface area contributed by atoms with E-state index in [1.165, 1.54) is 11.8 Å². The van der Waals surface area contributed by atoms with Crippen LogP contribution in [0, 0.1) is 0 Å². The lowest BCUT2D eigenvalue weighted by Crippen LogP contribution is -2.33. The normalized spacial score (nSPS) is 11.9. The van der Waals surface area contributed by atoms with Gasteiger partial charge in [0.15, 0.2) is 0 Å². The Kier molecular flexibility index (Phi) is 8.32. The monoisotopic (exact) mass is 316 g/mol. The fourth-order valence-corrected chi connectivity index (χ4v) is 2.89. The second-order valence-corrected chi connectivity index (χ2v) is 6.19. The van der Waals surface area contributed by atoms with Crippen LogP contribution in [0.2, 0.25) is 0 Å². The molecule has 0 saturated heterocycles. The number of rotatable bonds is 9. The molecule has 5 nitrogen and oxygen atoms in total. The predicted octanol–water partition coefficient (Wildman–Crippen LogP) is 1.38. The summed E-state index contributed by atoms with van der Waals surface area (Å²) in [5.41, 5.74) is 5.66. The van der Waals surface area contributed by atoms with Gasteiger partial charge in [0.1, 0.15) is 6.04 Å². The minimum absolute atomic E-state index is 0.00638. The molecule has 1 unspecified atom stereocenters. The second-order valence-electron chi connectivity index (χ2n) is 4.06. The zero-order valence-electron chi connectivity index (χ0n) is 11.5. The van der Waals surface area contributed by atoms with Gasteiger partial charge in [-0.05, 0) is 30.5 Å². The van der Waals surface area contributed by atoms with Gasteiger partial charge in [0.2, 0.25) is 5.91 Å². The molecule has 0 aliphatic carbocycles. The highest BCUT2D eigenvalue weighted by Crippen LogP contribution is 2.08. The van der Waals surface area contributed by atoms with Crippen molar-refractivity contribution in [2.24, 2.45) is 5.73 Å². The Hall–Kier alpha value is -1.05. The van der Waals surface area contributed by atoms with Gasteiger partial charge >= 0.3 is 5.97 Å². The lowest BCUT2D eigenvalue weighted by molar-refractivity contribution is -0.144. The maximum absolute atomic E-state index is 11.6. The molecule has 20 heavy (non-hydrogen) atoms. The molecule has 0 radical (unpaired) electrons. The third-order valence-electron chi connectivity index (χ3n) is 2.44. The van der Waals surface area contributed by atoms with E-state index in [4.69, 9.17) is 10.5 Å². The Bertz CT molecular complexity index is 410. The zero-order valence-corrected chi connectivity index (χ0v) is 13.1. The zero-order chi connectivity index (χ0) is 14.8. The molecule has 7 heteroatoms. The summed E-state index contributed by atoms with van der Waals surface area (Å²) < 4.78 is 4.81. The first-order valence-electron chi connectivity index (χ1n) is 6.42. The average molecular weight is 316 g/mol. The Morgan fingerprint density at radius 1 is 1.55 bits per heavy atom. The van der Waals surface area contributed by atoms with Gasteiger partial charge in [0.25, 0.3) is 0 Å². The Morgan fingerprint density at radius 2 is 2.35 bits per heavy atom. The Morgan fingerprint density at radius 3 is 3.00 bits per heavy atom. The summed E-state index contributed by atoms with van der Waals surface area (Å²) in [4.78, 5) is 24.0. The molecule has 1 heterocycles. The largest absolute Gasteiger partial charge is 0.465 e. The van der Waals surface area contributed by atoms with Gasteiger partial charge < -0.3 is 15.8 Å². The highest BCUT2D eigenvalue weighted by molar-refractivity contribution is 7.99. The molecule has 1 aromatic heterocycles. The highest BCUT2D eigenvalue weighted by atomic mass is 32.2. The van der Waals surface area contributed by atoms with Crippen molar-refractivity contribution in [1.29, 1.82) is 0 Å². The predicted molar refractivity (Wildman–Crippen MR) is 82.7 cm³/mol.